The minimum atomic E-state index is -0.588. The van der Waals surface area contributed by atoms with Crippen molar-refractivity contribution >= 4 is 0 Å². The van der Waals surface area contributed by atoms with E-state index in [2.05, 4.69) is 0 Å². The first-order valence-electron chi connectivity index (χ1n) is 3.59. The second kappa shape index (κ2) is 5.49. The third-order valence-corrected chi connectivity index (χ3v) is 1.45. The number of ether oxygens (including phenoxy) is 1. The van der Waals surface area contributed by atoms with E-state index in [1.54, 1.807) is 6.92 Å². The van der Waals surface area contributed by atoms with Crippen LogP contribution in [0.3, 0.4) is 0 Å². The maximum atomic E-state index is 8.78. The number of hydrogen-bond acceptors (Lipinski definition) is 4. The predicted octanol–water partition coefficient (Wildman–Crippen LogP) is -1.01. The van der Waals surface area contributed by atoms with E-state index in [1.165, 1.54) is 0 Å². The van der Waals surface area contributed by atoms with Crippen molar-refractivity contribution in [3.8, 4) is 0 Å². The Hall–Kier alpha value is -0.160. The SMILES string of the molecule is CC(CO)(CO)COCCO. The molecular formula is C7H16O4. The highest BCUT2D eigenvalue weighted by Gasteiger charge is 2.22. The van der Waals surface area contributed by atoms with Gasteiger partial charge >= 0.3 is 0 Å². The zero-order valence-corrected chi connectivity index (χ0v) is 6.79. The van der Waals surface area contributed by atoms with Crippen molar-refractivity contribution in [1.29, 1.82) is 0 Å². The van der Waals surface area contributed by atoms with Gasteiger partial charge in [0.1, 0.15) is 0 Å². The van der Waals surface area contributed by atoms with Gasteiger partial charge in [-0.25, -0.2) is 0 Å². The number of aliphatic hydroxyl groups excluding tert-OH is 3. The van der Waals surface area contributed by atoms with E-state index in [9.17, 15) is 0 Å². The molecule has 0 aromatic carbocycles. The molecule has 0 fully saturated rings. The van der Waals surface area contributed by atoms with Gasteiger partial charge in [-0.1, -0.05) is 6.92 Å². The lowest BCUT2D eigenvalue weighted by Crippen LogP contribution is -2.32. The number of rotatable bonds is 6. The lowest BCUT2D eigenvalue weighted by Gasteiger charge is -2.23. The molecule has 3 N–H and O–H groups in total. The largest absolute Gasteiger partial charge is 0.396 e. The molecule has 0 bridgehead atoms. The van der Waals surface area contributed by atoms with Gasteiger partial charge in [0, 0.05) is 5.41 Å². The summed E-state index contributed by atoms with van der Waals surface area (Å²) in [6, 6.07) is 0. The van der Waals surface area contributed by atoms with Crippen LogP contribution in [0.2, 0.25) is 0 Å². The van der Waals surface area contributed by atoms with Crippen LogP contribution in [0, 0.1) is 5.41 Å². The predicted molar refractivity (Wildman–Crippen MR) is 40.2 cm³/mol. The summed E-state index contributed by atoms with van der Waals surface area (Å²) >= 11 is 0. The number of aliphatic hydroxyl groups is 3. The van der Waals surface area contributed by atoms with E-state index < -0.39 is 5.41 Å². The normalized spacial score (nSPS) is 12.0. The van der Waals surface area contributed by atoms with Gasteiger partial charge in [-0.3, -0.25) is 0 Å². The van der Waals surface area contributed by atoms with Crippen molar-refractivity contribution in [2.24, 2.45) is 5.41 Å². The third-order valence-electron chi connectivity index (χ3n) is 1.45. The summed E-state index contributed by atoms with van der Waals surface area (Å²) in [7, 11) is 0. The van der Waals surface area contributed by atoms with Crippen LogP contribution in [0.4, 0.5) is 0 Å². The maximum absolute atomic E-state index is 8.78. The fraction of sp³-hybridized carbons (Fsp3) is 1.00. The summed E-state index contributed by atoms with van der Waals surface area (Å²) in [5.41, 5.74) is -0.588. The Labute approximate surface area is 66.4 Å². The van der Waals surface area contributed by atoms with Crippen molar-refractivity contribution in [2.45, 2.75) is 6.92 Å². The lowest BCUT2D eigenvalue weighted by molar-refractivity contribution is -0.0243. The van der Waals surface area contributed by atoms with Gasteiger partial charge in [0.25, 0.3) is 0 Å². The molecule has 0 aliphatic carbocycles. The van der Waals surface area contributed by atoms with Gasteiger partial charge in [0.05, 0.1) is 33.0 Å². The minimum absolute atomic E-state index is 0.0348. The van der Waals surface area contributed by atoms with Gasteiger partial charge in [-0.15, -0.1) is 0 Å². The van der Waals surface area contributed by atoms with Gasteiger partial charge in [-0.05, 0) is 0 Å². The second-order valence-electron chi connectivity index (χ2n) is 2.90. The molecule has 11 heavy (non-hydrogen) atoms. The lowest BCUT2D eigenvalue weighted by atomic mass is 9.95. The standard InChI is InChI=1S/C7H16O4/c1-7(4-9,5-10)6-11-3-2-8/h8-10H,2-6H2,1H3. The zero-order valence-electron chi connectivity index (χ0n) is 6.79. The van der Waals surface area contributed by atoms with Crippen LogP contribution in [-0.2, 0) is 4.74 Å². The van der Waals surface area contributed by atoms with E-state index in [0.29, 0.717) is 0 Å². The van der Waals surface area contributed by atoms with Gasteiger partial charge < -0.3 is 20.1 Å². The first-order chi connectivity index (χ1) is 5.18. The average Bonchev–Trinajstić information content (AvgIpc) is 2.05. The van der Waals surface area contributed by atoms with Gasteiger partial charge in [-0.2, -0.15) is 0 Å². The molecule has 0 radical (unpaired) electrons. The maximum Gasteiger partial charge on any atom is 0.0698 e. The van der Waals surface area contributed by atoms with E-state index in [1.807, 2.05) is 0 Å². The molecule has 0 amide bonds. The molecule has 0 aliphatic rings. The monoisotopic (exact) mass is 164 g/mol. The molecular weight excluding hydrogens is 148 g/mol. The smallest absolute Gasteiger partial charge is 0.0698 e. The fourth-order valence-electron chi connectivity index (χ4n) is 0.524. The summed E-state index contributed by atoms with van der Waals surface area (Å²) in [6.45, 7) is 1.96. The fourth-order valence-corrected chi connectivity index (χ4v) is 0.524. The Bertz CT molecular complexity index is 90.4. The van der Waals surface area contributed by atoms with Crippen molar-refractivity contribution in [1.82, 2.24) is 0 Å². The molecule has 0 aromatic rings. The molecule has 0 saturated carbocycles. The quantitative estimate of drug-likeness (QED) is 0.440. The van der Waals surface area contributed by atoms with Crippen LogP contribution >= 0.6 is 0 Å². The van der Waals surface area contributed by atoms with Crippen molar-refractivity contribution in [2.75, 3.05) is 33.0 Å². The molecule has 0 saturated heterocycles. The van der Waals surface area contributed by atoms with Crippen LogP contribution in [0.1, 0.15) is 6.92 Å². The topological polar surface area (TPSA) is 69.9 Å². The van der Waals surface area contributed by atoms with E-state index in [0.717, 1.165) is 0 Å². The summed E-state index contributed by atoms with van der Waals surface area (Å²) in [4.78, 5) is 0. The van der Waals surface area contributed by atoms with Gasteiger partial charge in [0.2, 0.25) is 0 Å². The van der Waals surface area contributed by atoms with Crippen molar-refractivity contribution in [3.05, 3.63) is 0 Å². The van der Waals surface area contributed by atoms with Crippen LogP contribution in [0.5, 0.6) is 0 Å². The first-order valence-corrected chi connectivity index (χ1v) is 3.59. The average molecular weight is 164 g/mol. The van der Waals surface area contributed by atoms with E-state index in [-0.39, 0.29) is 33.0 Å². The second-order valence-corrected chi connectivity index (χ2v) is 2.90. The van der Waals surface area contributed by atoms with Crippen molar-refractivity contribution < 1.29 is 20.1 Å². The molecule has 0 unspecified atom stereocenters. The third kappa shape index (κ3) is 4.31. The van der Waals surface area contributed by atoms with Crippen LogP contribution in [0.25, 0.3) is 0 Å². The molecule has 4 heteroatoms. The number of hydrogen-bond donors (Lipinski definition) is 3. The van der Waals surface area contributed by atoms with Crippen LogP contribution < -0.4 is 0 Å². The first kappa shape index (κ1) is 10.8. The van der Waals surface area contributed by atoms with Crippen molar-refractivity contribution in [3.63, 3.8) is 0 Å². The summed E-state index contributed by atoms with van der Waals surface area (Å²) in [6.07, 6.45) is 0. The molecule has 0 aromatic heterocycles. The highest BCUT2D eigenvalue weighted by Crippen LogP contribution is 2.13. The summed E-state index contributed by atoms with van der Waals surface area (Å²) in [5.74, 6) is 0. The van der Waals surface area contributed by atoms with E-state index >= 15 is 0 Å². The highest BCUT2D eigenvalue weighted by atomic mass is 16.5. The summed E-state index contributed by atoms with van der Waals surface area (Å²) < 4.78 is 4.96. The molecule has 0 spiro atoms. The van der Waals surface area contributed by atoms with Crippen LogP contribution in [0.15, 0.2) is 0 Å². The Kier molecular flexibility index (Phi) is 5.41. The molecule has 4 nitrogen and oxygen atoms in total. The minimum Gasteiger partial charge on any atom is -0.396 e. The molecule has 0 atom stereocenters. The Balaban J connectivity index is 3.51. The summed E-state index contributed by atoms with van der Waals surface area (Å²) in [5, 5.41) is 25.9. The Morgan fingerprint density at radius 1 is 1.18 bits per heavy atom. The highest BCUT2D eigenvalue weighted by molar-refractivity contribution is 4.70. The van der Waals surface area contributed by atoms with Gasteiger partial charge in [0.15, 0.2) is 0 Å². The Morgan fingerprint density at radius 3 is 2.09 bits per heavy atom. The molecule has 0 heterocycles. The Morgan fingerprint density at radius 2 is 1.73 bits per heavy atom. The van der Waals surface area contributed by atoms with Crippen LogP contribution in [-0.4, -0.2) is 48.4 Å². The molecule has 0 rings (SSSR count). The zero-order chi connectivity index (χ0) is 8.74. The molecule has 0 aliphatic heterocycles. The van der Waals surface area contributed by atoms with E-state index in [4.69, 9.17) is 20.1 Å². The molecule has 68 valence electrons.